The standard InChI is InChI=1S/C25H30N2O5/c1-17-13-19(27-11-4-5-12-27)9-10-20(17)26-22(28)15-31-23(29)16-30-21-8-6-7-18-14-25(2,3)32-24(18)21/h6-10,13H,4-5,11-12,14-16H2,1-3H3,(H,26,28). The summed E-state index contributed by atoms with van der Waals surface area (Å²) in [5.74, 6) is 0.163. The van der Waals surface area contributed by atoms with E-state index in [-0.39, 0.29) is 24.7 Å². The Morgan fingerprint density at radius 1 is 1.12 bits per heavy atom. The number of esters is 1. The van der Waals surface area contributed by atoms with Crippen molar-refractivity contribution in [2.75, 3.05) is 36.5 Å². The van der Waals surface area contributed by atoms with E-state index in [1.807, 2.05) is 45.0 Å². The smallest absolute Gasteiger partial charge is 0.344 e. The van der Waals surface area contributed by atoms with Crippen molar-refractivity contribution in [3.8, 4) is 11.5 Å². The molecule has 2 aromatic rings. The maximum atomic E-state index is 12.2. The number of anilines is 2. The summed E-state index contributed by atoms with van der Waals surface area (Å²) in [6, 6.07) is 11.6. The van der Waals surface area contributed by atoms with E-state index in [0.29, 0.717) is 17.2 Å². The fraction of sp³-hybridized carbons (Fsp3) is 0.440. The van der Waals surface area contributed by atoms with Crippen molar-refractivity contribution in [3.05, 3.63) is 47.5 Å². The molecular formula is C25H30N2O5. The largest absolute Gasteiger partial charge is 0.483 e. The van der Waals surface area contributed by atoms with Crippen molar-refractivity contribution in [3.63, 3.8) is 0 Å². The highest BCUT2D eigenvalue weighted by Crippen LogP contribution is 2.41. The summed E-state index contributed by atoms with van der Waals surface area (Å²) >= 11 is 0. The molecule has 7 heteroatoms. The number of benzene rings is 2. The number of fused-ring (bicyclic) bond motifs is 1. The van der Waals surface area contributed by atoms with Crippen LogP contribution in [0.25, 0.3) is 0 Å². The van der Waals surface area contributed by atoms with E-state index in [1.54, 1.807) is 6.07 Å². The summed E-state index contributed by atoms with van der Waals surface area (Å²) in [5.41, 5.74) is 3.60. The van der Waals surface area contributed by atoms with Crippen molar-refractivity contribution in [1.29, 1.82) is 0 Å². The second kappa shape index (κ2) is 9.10. The van der Waals surface area contributed by atoms with E-state index >= 15 is 0 Å². The minimum absolute atomic E-state index is 0.295. The van der Waals surface area contributed by atoms with Gasteiger partial charge in [-0.3, -0.25) is 4.79 Å². The van der Waals surface area contributed by atoms with Crippen molar-refractivity contribution in [1.82, 2.24) is 0 Å². The van der Waals surface area contributed by atoms with Gasteiger partial charge in [0.25, 0.3) is 5.91 Å². The molecule has 170 valence electrons. The molecular weight excluding hydrogens is 408 g/mol. The summed E-state index contributed by atoms with van der Waals surface area (Å²) < 4.78 is 16.6. The van der Waals surface area contributed by atoms with Gasteiger partial charge in [0.05, 0.1) is 0 Å². The van der Waals surface area contributed by atoms with Gasteiger partial charge in [-0.2, -0.15) is 0 Å². The van der Waals surface area contributed by atoms with Crippen molar-refractivity contribution in [2.45, 2.75) is 45.6 Å². The first-order valence-corrected chi connectivity index (χ1v) is 11.1. The summed E-state index contributed by atoms with van der Waals surface area (Å²) in [6.45, 7) is 7.44. The van der Waals surface area contributed by atoms with Crippen molar-refractivity contribution in [2.24, 2.45) is 0 Å². The van der Waals surface area contributed by atoms with Crippen LogP contribution in [0.15, 0.2) is 36.4 Å². The molecule has 0 bridgehead atoms. The highest BCUT2D eigenvalue weighted by molar-refractivity contribution is 5.93. The van der Waals surface area contributed by atoms with Crippen LogP contribution in [0.5, 0.6) is 11.5 Å². The number of nitrogens with zero attached hydrogens (tertiary/aromatic N) is 1. The average Bonchev–Trinajstić information content (AvgIpc) is 3.39. The third-order valence-electron chi connectivity index (χ3n) is 5.72. The van der Waals surface area contributed by atoms with Gasteiger partial charge >= 0.3 is 5.97 Å². The predicted molar refractivity (Wildman–Crippen MR) is 123 cm³/mol. The quantitative estimate of drug-likeness (QED) is 0.662. The molecule has 7 nitrogen and oxygen atoms in total. The number of aryl methyl sites for hydroxylation is 1. The number of hydrogen-bond donors (Lipinski definition) is 1. The van der Waals surface area contributed by atoms with E-state index in [1.165, 1.54) is 18.5 Å². The number of para-hydroxylation sites is 1. The summed E-state index contributed by atoms with van der Waals surface area (Å²) in [5, 5.41) is 2.80. The molecule has 0 aliphatic carbocycles. The molecule has 4 rings (SSSR count). The van der Waals surface area contributed by atoms with Crippen molar-refractivity contribution < 1.29 is 23.8 Å². The lowest BCUT2D eigenvalue weighted by Crippen LogP contribution is -2.25. The first kappa shape index (κ1) is 22.0. The Morgan fingerprint density at radius 3 is 2.66 bits per heavy atom. The Labute approximate surface area is 188 Å². The van der Waals surface area contributed by atoms with Crippen molar-refractivity contribution >= 4 is 23.3 Å². The Bertz CT molecular complexity index is 1010. The fourth-order valence-corrected chi connectivity index (χ4v) is 4.17. The third-order valence-corrected chi connectivity index (χ3v) is 5.72. The van der Waals surface area contributed by atoms with E-state index in [9.17, 15) is 9.59 Å². The van der Waals surface area contributed by atoms with Crippen LogP contribution in [-0.2, 0) is 20.7 Å². The minimum atomic E-state index is -0.615. The normalized spacial score (nSPS) is 16.3. The van der Waals surface area contributed by atoms with Crippen LogP contribution in [0.1, 0.15) is 37.8 Å². The van der Waals surface area contributed by atoms with Crippen LogP contribution in [-0.4, -0.2) is 43.8 Å². The number of carbonyl (C=O) groups is 2. The monoisotopic (exact) mass is 438 g/mol. The van der Waals surface area contributed by atoms with Crippen LogP contribution < -0.4 is 19.7 Å². The highest BCUT2D eigenvalue weighted by Gasteiger charge is 2.32. The molecule has 32 heavy (non-hydrogen) atoms. The zero-order valence-electron chi connectivity index (χ0n) is 18.9. The van der Waals surface area contributed by atoms with Gasteiger partial charge in [-0.25, -0.2) is 4.79 Å². The molecule has 2 heterocycles. The lowest BCUT2D eigenvalue weighted by molar-refractivity contribution is -0.149. The van der Waals surface area contributed by atoms with Crippen LogP contribution in [0.2, 0.25) is 0 Å². The molecule has 2 aliphatic heterocycles. The molecule has 0 spiro atoms. The predicted octanol–water partition coefficient (Wildman–Crippen LogP) is 3.87. The maximum Gasteiger partial charge on any atom is 0.344 e. The van der Waals surface area contributed by atoms with Gasteiger partial charge < -0.3 is 24.4 Å². The number of ether oxygens (including phenoxy) is 3. The second-order valence-corrected chi connectivity index (χ2v) is 8.97. The number of amides is 1. The van der Waals surface area contributed by atoms with E-state index in [0.717, 1.165) is 30.6 Å². The minimum Gasteiger partial charge on any atom is -0.483 e. The molecule has 0 unspecified atom stereocenters. The first-order chi connectivity index (χ1) is 15.3. The third kappa shape index (κ3) is 5.15. The molecule has 0 aromatic heterocycles. The molecule has 1 amide bonds. The summed E-state index contributed by atoms with van der Waals surface area (Å²) in [7, 11) is 0. The van der Waals surface area contributed by atoms with E-state index < -0.39 is 5.97 Å². The van der Waals surface area contributed by atoms with Gasteiger partial charge in [-0.15, -0.1) is 0 Å². The molecule has 0 saturated carbocycles. The van der Waals surface area contributed by atoms with Gasteiger partial charge in [-0.1, -0.05) is 12.1 Å². The van der Waals surface area contributed by atoms with E-state index in [2.05, 4.69) is 16.3 Å². The molecule has 2 aliphatic rings. The molecule has 2 aromatic carbocycles. The lowest BCUT2D eigenvalue weighted by atomic mass is 10.0. The van der Waals surface area contributed by atoms with Gasteiger partial charge in [0.15, 0.2) is 24.7 Å². The Hall–Kier alpha value is -3.22. The van der Waals surface area contributed by atoms with Gasteiger partial charge in [0.1, 0.15) is 5.60 Å². The first-order valence-electron chi connectivity index (χ1n) is 11.1. The molecule has 1 N–H and O–H groups in total. The summed E-state index contributed by atoms with van der Waals surface area (Å²) in [6.07, 6.45) is 3.21. The number of nitrogens with one attached hydrogen (secondary N) is 1. The number of rotatable bonds is 7. The Balaban J connectivity index is 1.24. The van der Waals surface area contributed by atoms with Crippen LogP contribution in [0.3, 0.4) is 0 Å². The average molecular weight is 439 g/mol. The van der Waals surface area contributed by atoms with Gasteiger partial charge in [0, 0.05) is 36.4 Å². The highest BCUT2D eigenvalue weighted by atomic mass is 16.6. The fourth-order valence-electron chi connectivity index (χ4n) is 4.17. The number of carbonyl (C=O) groups excluding carboxylic acids is 2. The number of hydrogen-bond acceptors (Lipinski definition) is 6. The molecule has 1 saturated heterocycles. The Kier molecular flexibility index (Phi) is 6.26. The molecule has 0 atom stereocenters. The topological polar surface area (TPSA) is 77.1 Å². The second-order valence-electron chi connectivity index (χ2n) is 8.97. The SMILES string of the molecule is Cc1cc(N2CCCC2)ccc1NC(=O)COC(=O)COc1cccc2c1OC(C)(C)C2. The molecule has 0 radical (unpaired) electrons. The summed E-state index contributed by atoms with van der Waals surface area (Å²) in [4.78, 5) is 26.7. The van der Waals surface area contributed by atoms with Gasteiger partial charge in [-0.05, 0) is 63.4 Å². The van der Waals surface area contributed by atoms with Crippen LogP contribution in [0.4, 0.5) is 11.4 Å². The van der Waals surface area contributed by atoms with Crippen LogP contribution >= 0.6 is 0 Å². The van der Waals surface area contributed by atoms with Crippen LogP contribution in [0, 0.1) is 6.92 Å². The Morgan fingerprint density at radius 2 is 1.91 bits per heavy atom. The maximum absolute atomic E-state index is 12.2. The lowest BCUT2D eigenvalue weighted by Gasteiger charge is -2.19. The molecule has 1 fully saturated rings. The van der Waals surface area contributed by atoms with Gasteiger partial charge in [0.2, 0.25) is 0 Å². The van der Waals surface area contributed by atoms with E-state index in [4.69, 9.17) is 14.2 Å². The zero-order valence-corrected chi connectivity index (χ0v) is 18.9. The zero-order chi connectivity index (χ0) is 22.7.